The average Bonchev–Trinajstić information content (AvgIpc) is 3.35. The highest BCUT2D eigenvalue weighted by Crippen LogP contribution is 2.33. The van der Waals surface area contributed by atoms with Gasteiger partial charge in [-0.05, 0) is 66.6 Å². The molecule has 0 radical (unpaired) electrons. The summed E-state index contributed by atoms with van der Waals surface area (Å²) in [5.41, 5.74) is 2.53. The Kier molecular flexibility index (Phi) is 6.00. The van der Waals surface area contributed by atoms with Crippen molar-refractivity contribution in [1.29, 1.82) is 0 Å². The van der Waals surface area contributed by atoms with Crippen molar-refractivity contribution in [1.82, 2.24) is 30.1 Å². The summed E-state index contributed by atoms with van der Waals surface area (Å²) in [7, 11) is 0. The van der Waals surface area contributed by atoms with E-state index < -0.39 is 0 Å². The average molecular weight is 460 g/mol. The van der Waals surface area contributed by atoms with Crippen molar-refractivity contribution >= 4 is 16.6 Å². The molecule has 34 heavy (non-hydrogen) atoms. The second-order valence-corrected chi connectivity index (χ2v) is 9.45. The van der Waals surface area contributed by atoms with Gasteiger partial charge in [0.1, 0.15) is 5.82 Å². The van der Waals surface area contributed by atoms with E-state index in [1.165, 1.54) is 6.07 Å². The maximum Gasteiger partial charge on any atom is 0.173 e. The maximum atomic E-state index is 14.4. The van der Waals surface area contributed by atoms with Gasteiger partial charge in [0.05, 0.1) is 22.8 Å². The van der Waals surface area contributed by atoms with Crippen molar-refractivity contribution in [3.8, 4) is 0 Å². The maximum absolute atomic E-state index is 14.4. The molecule has 1 fully saturated rings. The van der Waals surface area contributed by atoms with Crippen molar-refractivity contribution < 1.29 is 4.39 Å². The van der Waals surface area contributed by atoms with E-state index in [1.807, 2.05) is 29.1 Å². The van der Waals surface area contributed by atoms with Crippen LogP contribution in [0.25, 0.3) is 10.9 Å². The molecule has 2 aromatic heterocycles. The van der Waals surface area contributed by atoms with E-state index in [0.29, 0.717) is 5.69 Å². The lowest BCUT2D eigenvalue weighted by Gasteiger charge is -2.40. The van der Waals surface area contributed by atoms with Crippen LogP contribution in [0.2, 0.25) is 0 Å². The molecule has 0 unspecified atom stereocenters. The molecule has 0 aliphatic carbocycles. The van der Waals surface area contributed by atoms with Gasteiger partial charge < -0.3 is 4.90 Å². The fourth-order valence-electron chi connectivity index (χ4n) is 4.66. The lowest BCUT2D eigenvalue weighted by molar-refractivity contribution is 0.187. The number of nitrogens with zero attached hydrogens (tertiary/aromatic N) is 7. The van der Waals surface area contributed by atoms with Gasteiger partial charge in [-0.3, -0.25) is 9.88 Å². The number of tetrazole rings is 1. The third-order valence-electron chi connectivity index (χ3n) is 6.99. The Labute approximate surface area is 199 Å². The van der Waals surface area contributed by atoms with Crippen LogP contribution in [-0.4, -0.2) is 56.3 Å². The highest BCUT2D eigenvalue weighted by atomic mass is 19.1. The van der Waals surface area contributed by atoms with Crippen LogP contribution in [-0.2, 0) is 5.54 Å². The normalized spacial score (nSPS) is 16.2. The molecule has 8 heteroatoms. The van der Waals surface area contributed by atoms with Gasteiger partial charge >= 0.3 is 0 Å². The van der Waals surface area contributed by atoms with Gasteiger partial charge in [-0.15, -0.1) is 5.10 Å². The molecule has 1 saturated heterocycles. The second kappa shape index (κ2) is 9.10. The Morgan fingerprint density at radius 2 is 1.79 bits per heavy atom. The molecule has 0 spiro atoms. The van der Waals surface area contributed by atoms with Crippen molar-refractivity contribution in [2.75, 3.05) is 31.1 Å². The highest BCUT2D eigenvalue weighted by Gasteiger charge is 2.34. The number of piperazine rings is 1. The van der Waals surface area contributed by atoms with Gasteiger partial charge in [-0.25, -0.2) is 9.07 Å². The van der Waals surface area contributed by atoms with Gasteiger partial charge in [-0.1, -0.05) is 31.2 Å². The molecule has 1 atom stereocenters. The first-order valence-electron chi connectivity index (χ1n) is 11.8. The number of pyridine rings is 1. The lowest BCUT2D eigenvalue weighted by Crippen LogP contribution is -2.49. The SMILES string of the molecule is CCC(C)(C)n1nnnc1[C@@H](c1ccc2ncccc2c1)N1CCN(c2ccccc2F)CC1. The standard InChI is InChI=1S/C26H30FN7/c1-4-26(2,3)34-25(29-30-31-34)24(20-11-12-22-19(18-20)8-7-13-28-22)33-16-14-32(15-17-33)23-10-6-5-9-21(23)27/h5-13,18,24H,4,14-17H2,1-3H3/t24-/m1/s1. The van der Waals surface area contributed by atoms with Crippen molar-refractivity contribution in [2.45, 2.75) is 38.8 Å². The van der Waals surface area contributed by atoms with Crippen LogP contribution in [0.1, 0.15) is 44.6 Å². The van der Waals surface area contributed by atoms with Gasteiger partial charge in [0.15, 0.2) is 5.82 Å². The summed E-state index contributed by atoms with van der Waals surface area (Å²) in [6.45, 7) is 9.45. The second-order valence-electron chi connectivity index (χ2n) is 9.45. The minimum absolute atomic E-state index is 0.117. The predicted octanol–water partition coefficient (Wildman–Crippen LogP) is 4.42. The van der Waals surface area contributed by atoms with Crippen molar-refractivity contribution in [2.24, 2.45) is 0 Å². The first-order valence-corrected chi connectivity index (χ1v) is 11.8. The molecule has 1 aliphatic heterocycles. The molecule has 4 aromatic rings. The molecule has 0 N–H and O–H groups in total. The Morgan fingerprint density at radius 1 is 1.00 bits per heavy atom. The lowest BCUT2D eigenvalue weighted by atomic mass is 9.98. The number of anilines is 1. The number of fused-ring (bicyclic) bond motifs is 1. The van der Waals surface area contributed by atoms with Crippen LogP contribution in [0.15, 0.2) is 60.8 Å². The number of para-hydroxylation sites is 1. The minimum Gasteiger partial charge on any atom is -0.367 e. The van der Waals surface area contributed by atoms with Crippen LogP contribution in [0.4, 0.5) is 10.1 Å². The van der Waals surface area contributed by atoms with E-state index in [1.54, 1.807) is 6.07 Å². The first kappa shape index (κ1) is 22.4. The van der Waals surface area contributed by atoms with Gasteiger partial charge in [-0.2, -0.15) is 0 Å². The largest absolute Gasteiger partial charge is 0.367 e. The van der Waals surface area contributed by atoms with Crippen LogP contribution in [0, 0.1) is 5.82 Å². The third kappa shape index (κ3) is 4.14. The summed E-state index contributed by atoms with van der Waals surface area (Å²) in [5.74, 6) is 0.651. The number of benzene rings is 2. The highest BCUT2D eigenvalue weighted by molar-refractivity contribution is 5.79. The van der Waals surface area contributed by atoms with E-state index in [2.05, 4.69) is 75.3 Å². The molecule has 3 heterocycles. The Hall–Kier alpha value is -3.39. The molecular formula is C26H30FN7. The van der Waals surface area contributed by atoms with Crippen molar-refractivity contribution in [3.05, 3.63) is 78.0 Å². The summed E-state index contributed by atoms with van der Waals surface area (Å²) >= 11 is 0. The molecule has 7 nitrogen and oxygen atoms in total. The Balaban J connectivity index is 1.52. The third-order valence-corrected chi connectivity index (χ3v) is 6.99. The quantitative estimate of drug-likeness (QED) is 0.425. The number of aromatic nitrogens is 5. The molecule has 2 aromatic carbocycles. The fraction of sp³-hybridized carbons (Fsp3) is 0.385. The Morgan fingerprint density at radius 3 is 2.56 bits per heavy atom. The summed E-state index contributed by atoms with van der Waals surface area (Å²) in [6, 6.07) is 17.3. The van der Waals surface area contributed by atoms with Crippen LogP contribution < -0.4 is 4.90 Å². The molecule has 176 valence electrons. The predicted molar refractivity (Wildman–Crippen MR) is 131 cm³/mol. The summed E-state index contributed by atoms with van der Waals surface area (Å²) in [4.78, 5) is 9.00. The summed E-state index contributed by atoms with van der Waals surface area (Å²) < 4.78 is 16.4. The number of hydrogen-bond donors (Lipinski definition) is 0. The van der Waals surface area contributed by atoms with Crippen molar-refractivity contribution in [3.63, 3.8) is 0 Å². The molecule has 0 amide bonds. The molecular weight excluding hydrogens is 429 g/mol. The van der Waals surface area contributed by atoms with Crippen LogP contribution in [0.3, 0.4) is 0 Å². The van der Waals surface area contributed by atoms with Crippen LogP contribution >= 0.6 is 0 Å². The smallest absolute Gasteiger partial charge is 0.173 e. The van der Waals surface area contributed by atoms with Gasteiger partial charge in [0.2, 0.25) is 0 Å². The topological polar surface area (TPSA) is 63.0 Å². The molecule has 0 saturated carbocycles. The zero-order valence-electron chi connectivity index (χ0n) is 19.9. The zero-order chi connectivity index (χ0) is 23.7. The van der Waals surface area contributed by atoms with E-state index in [4.69, 9.17) is 0 Å². The van der Waals surface area contributed by atoms with Gasteiger partial charge in [0, 0.05) is 37.8 Å². The fourth-order valence-corrected chi connectivity index (χ4v) is 4.66. The Bertz CT molecular complexity index is 1280. The van der Waals surface area contributed by atoms with Crippen LogP contribution in [0.5, 0.6) is 0 Å². The summed E-state index contributed by atoms with van der Waals surface area (Å²) in [5, 5.41) is 14.1. The van der Waals surface area contributed by atoms with E-state index in [0.717, 1.165) is 54.9 Å². The van der Waals surface area contributed by atoms with E-state index >= 15 is 0 Å². The first-order chi connectivity index (χ1) is 16.5. The zero-order valence-corrected chi connectivity index (χ0v) is 19.9. The number of hydrogen-bond acceptors (Lipinski definition) is 6. The molecule has 5 rings (SSSR count). The summed E-state index contributed by atoms with van der Waals surface area (Å²) in [6.07, 6.45) is 2.71. The van der Waals surface area contributed by atoms with Gasteiger partial charge in [0.25, 0.3) is 0 Å². The minimum atomic E-state index is -0.218. The number of rotatable bonds is 6. The number of halogens is 1. The molecule has 0 bridgehead atoms. The van der Waals surface area contributed by atoms with E-state index in [9.17, 15) is 4.39 Å². The molecule has 1 aliphatic rings. The monoisotopic (exact) mass is 459 g/mol. The van der Waals surface area contributed by atoms with E-state index in [-0.39, 0.29) is 17.4 Å².